The van der Waals surface area contributed by atoms with Gasteiger partial charge in [0.05, 0.1) is 7.11 Å². The molecule has 0 spiro atoms. The first-order valence-corrected chi connectivity index (χ1v) is 5.12. The van der Waals surface area contributed by atoms with E-state index in [1.165, 1.54) is 14.2 Å². The smallest absolute Gasteiger partial charge is 0.372 e. The van der Waals surface area contributed by atoms with Crippen LogP contribution in [0.2, 0.25) is 0 Å². The number of nitrogens with zero attached hydrogens (tertiary/aromatic N) is 1. The summed E-state index contributed by atoms with van der Waals surface area (Å²) in [6, 6.07) is 6.68. The molecule has 1 aromatic carbocycles. The van der Waals surface area contributed by atoms with E-state index in [4.69, 9.17) is 14.4 Å². The number of methoxy groups -OCH3 is 1. The van der Waals surface area contributed by atoms with E-state index in [0.717, 1.165) is 4.74 Å². The number of hydrogen-bond donors (Lipinski definition) is 1. The minimum absolute atomic E-state index is 0.232. The summed E-state index contributed by atoms with van der Waals surface area (Å²) in [6.45, 7) is 0. The predicted octanol–water partition coefficient (Wildman–Crippen LogP) is 1.35. The van der Waals surface area contributed by atoms with Gasteiger partial charge in [-0.05, 0) is 24.3 Å². The predicted molar refractivity (Wildman–Crippen MR) is 62.9 cm³/mol. The number of aryl methyl sites for hydroxylation is 1. The van der Waals surface area contributed by atoms with Gasteiger partial charge in [0.25, 0.3) is 0 Å². The Bertz CT molecular complexity index is 635. The van der Waals surface area contributed by atoms with Crippen molar-refractivity contribution in [2.24, 2.45) is 7.05 Å². The van der Waals surface area contributed by atoms with Crippen LogP contribution >= 0.6 is 0 Å². The molecule has 0 atom stereocenters. The lowest BCUT2D eigenvalue weighted by atomic mass is 10.1. The maximum atomic E-state index is 11.4. The molecule has 1 heterocycles. The molecule has 6 heteroatoms. The van der Waals surface area contributed by atoms with Crippen LogP contribution < -0.4 is 10.4 Å². The summed E-state index contributed by atoms with van der Waals surface area (Å²) >= 11 is 0. The van der Waals surface area contributed by atoms with Crippen LogP contribution in [0.4, 0.5) is 0 Å². The van der Waals surface area contributed by atoms with Crippen LogP contribution in [0.15, 0.2) is 33.6 Å². The molecule has 0 fully saturated rings. The zero-order chi connectivity index (χ0) is 13.3. The Hall–Kier alpha value is -2.50. The monoisotopic (exact) mass is 249 g/mol. The van der Waals surface area contributed by atoms with Crippen molar-refractivity contribution >= 4 is 5.97 Å². The third-order valence-corrected chi connectivity index (χ3v) is 2.55. The number of hydrogen-bond acceptors (Lipinski definition) is 4. The lowest BCUT2D eigenvalue weighted by Gasteiger charge is -2.04. The highest BCUT2D eigenvalue weighted by Crippen LogP contribution is 2.24. The molecule has 2 rings (SSSR count). The van der Waals surface area contributed by atoms with E-state index in [1.54, 1.807) is 24.3 Å². The Kier molecular flexibility index (Phi) is 2.93. The molecule has 94 valence electrons. The second kappa shape index (κ2) is 4.40. The number of carboxylic acids is 1. The summed E-state index contributed by atoms with van der Waals surface area (Å²) in [4.78, 5) is 22.5. The van der Waals surface area contributed by atoms with Gasteiger partial charge in [-0.3, -0.25) is 0 Å². The van der Waals surface area contributed by atoms with Crippen molar-refractivity contribution in [3.05, 3.63) is 40.2 Å². The normalized spacial score (nSPS) is 10.3. The van der Waals surface area contributed by atoms with Crippen LogP contribution in [0.3, 0.4) is 0 Å². The molecule has 1 aromatic heterocycles. The van der Waals surface area contributed by atoms with E-state index in [1.807, 2.05) is 0 Å². The summed E-state index contributed by atoms with van der Waals surface area (Å²) in [5, 5.41) is 9.02. The second-order valence-electron chi connectivity index (χ2n) is 3.63. The lowest BCUT2D eigenvalue weighted by Crippen LogP contribution is -2.09. The Balaban J connectivity index is 2.62. The molecule has 0 bridgehead atoms. The minimum atomic E-state index is -1.31. The minimum Gasteiger partial charge on any atom is -0.497 e. The van der Waals surface area contributed by atoms with Crippen molar-refractivity contribution in [3.8, 4) is 17.0 Å². The lowest BCUT2D eigenvalue weighted by molar-refractivity contribution is 0.0695. The number of carbonyl (C=O) groups is 1. The Morgan fingerprint density at radius 3 is 2.44 bits per heavy atom. The summed E-state index contributed by atoms with van der Waals surface area (Å²) in [5.41, 5.74) is -0.435. The Morgan fingerprint density at radius 1 is 1.33 bits per heavy atom. The largest absolute Gasteiger partial charge is 0.497 e. The molecule has 1 N–H and O–H groups in total. The fourth-order valence-corrected chi connectivity index (χ4v) is 1.73. The second-order valence-corrected chi connectivity index (χ2v) is 3.63. The van der Waals surface area contributed by atoms with Gasteiger partial charge in [-0.1, -0.05) is 0 Å². The van der Waals surface area contributed by atoms with Gasteiger partial charge in [0.15, 0.2) is 5.56 Å². The van der Waals surface area contributed by atoms with Crippen LogP contribution in [0, 0.1) is 0 Å². The van der Waals surface area contributed by atoms with E-state index in [0.29, 0.717) is 11.3 Å². The summed E-state index contributed by atoms with van der Waals surface area (Å²) < 4.78 is 10.9. The molecular weight excluding hydrogens is 238 g/mol. The van der Waals surface area contributed by atoms with Crippen LogP contribution in [-0.2, 0) is 7.05 Å². The summed E-state index contributed by atoms with van der Waals surface area (Å²) in [5.74, 6) is -0.667. The zero-order valence-corrected chi connectivity index (χ0v) is 9.84. The highest BCUT2D eigenvalue weighted by Gasteiger charge is 2.22. The van der Waals surface area contributed by atoms with Crippen molar-refractivity contribution in [1.29, 1.82) is 0 Å². The molecule has 0 aliphatic heterocycles. The molecule has 18 heavy (non-hydrogen) atoms. The number of ether oxygens (including phenoxy) is 1. The molecular formula is C12H11NO5. The van der Waals surface area contributed by atoms with E-state index in [2.05, 4.69) is 0 Å². The molecule has 0 aliphatic carbocycles. The van der Waals surface area contributed by atoms with Gasteiger partial charge in [0.2, 0.25) is 0 Å². The fourth-order valence-electron chi connectivity index (χ4n) is 1.73. The van der Waals surface area contributed by atoms with Gasteiger partial charge < -0.3 is 14.4 Å². The summed E-state index contributed by atoms with van der Waals surface area (Å²) in [6.07, 6.45) is 0. The van der Waals surface area contributed by atoms with Gasteiger partial charge in [0.1, 0.15) is 11.4 Å². The fraction of sp³-hybridized carbons (Fsp3) is 0.167. The van der Waals surface area contributed by atoms with E-state index in [-0.39, 0.29) is 11.3 Å². The van der Waals surface area contributed by atoms with Crippen LogP contribution in [0.25, 0.3) is 11.3 Å². The molecule has 0 aliphatic rings. The maximum Gasteiger partial charge on any atom is 0.372 e. The van der Waals surface area contributed by atoms with E-state index < -0.39 is 11.6 Å². The van der Waals surface area contributed by atoms with E-state index >= 15 is 0 Å². The number of aromatic carboxylic acids is 1. The first kappa shape index (κ1) is 12.0. The average molecular weight is 249 g/mol. The standard InChI is InChI=1S/C12H11NO5/c1-13-10(9(11(14)15)12(16)18-13)7-3-5-8(17-2)6-4-7/h3-6H,1-2H3,(H,14,15). The SMILES string of the molecule is COc1ccc(-c2c(C(=O)O)c(=O)on2C)cc1. The van der Waals surface area contributed by atoms with Crippen molar-refractivity contribution in [3.63, 3.8) is 0 Å². The first-order chi connectivity index (χ1) is 8.54. The molecule has 2 aromatic rings. The number of carboxylic acid groups (broad SMARTS) is 1. The van der Waals surface area contributed by atoms with Crippen molar-refractivity contribution in [1.82, 2.24) is 4.74 Å². The maximum absolute atomic E-state index is 11.4. The molecule has 6 nitrogen and oxygen atoms in total. The van der Waals surface area contributed by atoms with Gasteiger partial charge in [0, 0.05) is 12.6 Å². The molecule has 0 radical (unpaired) electrons. The van der Waals surface area contributed by atoms with Crippen LogP contribution in [0.1, 0.15) is 10.4 Å². The Morgan fingerprint density at radius 2 is 1.94 bits per heavy atom. The highest BCUT2D eigenvalue weighted by atomic mass is 16.5. The quantitative estimate of drug-likeness (QED) is 0.887. The molecule has 0 amide bonds. The molecule has 0 unspecified atom stereocenters. The highest BCUT2D eigenvalue weighted by molar-refractivity contribution is 5.94. The van der Waals surface area contributed by atoms with Gasteiger partial charge in [-0.25, -0.2) is 14.3 Å². The van der Waals surface area contributed by atoms with Crippen molar-refractivity contribution < 1.29 is 19.2 Å². The third-order valence-electron chi connectivity index (χ3n) is 2.55. The van der Waals surface area contributed by atoms with Crippen molar-refractivity contribution in [2.75, 3.05) is 7.11 Å². The van der Waals surface area contributed by atoms with Gasteiger partial charge in [-0.2, -0.15) is 0 Å². The topological polar surface area (TPSA) is 81.7 Å². The van der Waals surface area contributed by atoms with Gasteiger partial charge >= 0.3 is 11.6 Å². The van der Waals surface area contributed by atoms with Crippen molar-refractivity contribution in [2.45, 2.75) is 0 Å². The number of rotatable bonds is 3. The van der Waals surface area contributed by atoms with Crippen LogP contribution in [0.5, 0.6) is 5.75 Å². The first-order valence-electron chi connectivity index (χ1n) is 5.12. The van der Waals surface area contributed by atoms with Gasteiger partial charge in [-0.15, -0.1) is 0 Å². The summed E-state index contributed by atoms with van der Waals surface area (Å²) in [7, 11) is 3.01. The number of aromatic nitrogens is 1. The van der Waals surface area contributed by atoms with E-state index in [9.17, 15) is 9.59 Å². The zero-order valence-electron chi connectivity index (χ0n) is 9.84. The average Bonchev–Trinajstić information content (AvgIpc) is 2.64. The third kappa shape index (κ3) is 1.88. The molecule has 0 saturated carbocycles. The number of benzene rings is 1. The molecule has 0 saturated heterocycles. The Labute approximate surface area is 102 Å². The van der Waals surface area contributed by atoms with Crippen LogP contribution in [-0.4, -0.2) is 22.9 Å².